The van der Waals surface area contributed by atoms with Crippen LogP contribution < -0.4 is 0 Å². The summed E-state index contributed by atoms with van der Waals surface area (Å²) in [6.45, 7) is 6.02. The molecule has 0 spiro atoms. The first-order chi connectivity index (χ1) is 22.1. The van der Waals surface area contributed by atoms with E-state index in [-0.39, 0.29) is 0 Å². The van der Waals surface area contributed by atoms with Crippen LogP contribution in [0.5, 0.6) is 0 Å². The Bertz CT molecular complexity index is 1850. The van der Waals surface area contributed by atoms with E-state index >= 15 is 0 Å². The summed E-state index contributed by atoms with van der Waals surface area (Å²) >= 11 is 0. The standard InChI is InChI=1S/C39H36N4O2/c1-28-15-18-31(19-16-28)32-8-3-7-30(23-32)25-45-27-35-11-6-14-39(43-35)38-13-5-10-34(42-38)26-44-22-21-33-9-4-12-37(41-33)36-20-17-29(2)24-40-36/h3-20,23-24H,21-22,25-27H2,1-2H3. The van der Waals surface area contributed by atoms with Gasteiger partial charge in [0.2, 0.25) is 0 Å². The van der Waals surface area contributed by atoms with Gasteiger partial charge in [0.1, 0.15) is 0 Å². The Morgan fingerprint density at radius 1 is 0.489 bits per heavy atom. The van der Waals surface area contributed by atoms with E-state index in [2.05, 4.69) is 60.4 Å². The molecule has 6 rings (SSSR count). The Labute approximate surface area is 264 Å². The fourth-order valence-corrected chi connectivity index (χ4v) is 5.00. The van der Waals surface area contributed by atoms with Crippen molar-refractivity contribution in [2.24, 2.45) is 0 Å². The molecule has 6 heteroatoms. The molecule has 224 valence electrons. The van der Waals surface area contributed by atoms with Crippen LogP contribution in [0.2, 0.25) is 0 Å². The lowest BCUT2D eigenvalue weighted by atomic mass is 10.0. The zero-order valence-electron chi connectivity index (χ0n) is 25.7. The van der Waals surface area contributed by atoms with Gasteiger partial charge in [0.25, 0.3) is 0 Å². The third-order valence-electron chi connectivity index (χ3n) is 7.44. The first kappa shape index (κ1) is 30.0. The summed E-state index contributed by atoms with van der Waals surface area (Å²) in [4.78, 5) is 18.9. The fraction of sp³-hybridized carbons (Fsp3) is 0.179. The number of aryl methyl sites for hydroxylation is 2. The summed E-state index contributed by atoms with van der Waals surface area (Å²) in [5.41, 5.74) is 12.0. The molecule has 0 aliphatic rings. The Kier molecular flexibility index (Phi) is 9.75. The average Bonchev–Trinajstić information content (AvgIpc) is 3.08. The van der Waals surface area contributed by atoms with E-state index in [0.717, 1.165) is 51.0 Å². The second-order valence-electron chi connectivity index (χ2n) is 11.1. The molecule has 45 heavy (non-hydrogen) atoms. The molecule has 2 aromatic carbocycles. The number of ether oxygens (including phenoxy) is 2. The van der Waals surface area contributed by atoms with Gasteiger partial charge in [-0.3, -0.25) is 9.97 Å². The molecule has 0 fully saturated rings. The molecular formula is C39H36N4O2. The van der Waals surface area contributed by atoms with Crippen LogP contribution in [-0.4, -0.2) is 26.5 Å². The smallest absolute Gasteiger partial charge is 0.0892 e. The second kappa shape index (κ2) is 14.6. The summed E-state index contributed by atoms with van der Waals surface area (Å²) in [6.07, 6.45) is 2.57. The number of rotatable bonds is 12. The molecule has 0 atom stereocenters. The highest BCUT2D eigenvalue weighted by Gasteiger charge is 2.07. The van der Waals surface area contributed by atoms with Crippen molar-refractivity contribution < 1.29 is 9.47 Å². The van der Waals surface area contributed by atoms with E-state index in [4.69, 9.17) is 24.4 Å². The summed E-state index contributed by atoms with van der Waals surface area (Å²) in [6, 6.07) is 39.0. The minimum Gasteiger partial charge on any atom is -0.375 e. The first-order valence-corrected chi connectivity index (χ1v) is 15.2. The highest BCUT2D eigenvalue weighted by Crippen LogP contribution is 2.22. The van der Waals surface area contributed by atoms with Gasteiger partial charge in [0, 0.05) is 18.3 Å². The van der Waals surface area contributed by atoms with Crippen LogP contribution >= 0.6 is 0 Å². The molecular weight excluding hydrogens is 556 g/mol. The van der Waals surface area contributed by atoms with Gasteiger partial charge in [-0.15, -0.1) is 0 Å². The lowest BCUT2D eigenvalue weighted by molar-refractivity contribution is 0.104. The predicted molar refractivity (Wildman–Crippen MR) is 178 cm³/mol. The molecule has 6 nitrogen and oxygen atoms in total. The number of hydrogen-bond donors (Lipinski definition) is 0. The molecule has 4 aromatic heterocycles. The van der Waals surface area contributed by atoms with Crippen molar-refractivity contribution in [3.05, 3.63) is 155 Å². The largest absolute Gasteiger partial charge is 0.375 e. The van der Waals surface area contributed by atoms with Crippen LogP contribution in [0.1, 0.15) is 33.8 Å². The Balaban J connectivity index is 1.01. The van der Waals surface area contributed by atoms with Crippen LogP contribution in [0.4, 0.5) is 0 Å². The van der Waals surface area contributed by atoms with Gasteiger partial charge in [0.15, 0.2) is 0 Å². The highest BCUT2D eigenvalue weighted by molar-refractivity contribution is 5.64. The molecule has 4 heterocycles. The van der Waals surface area contributed by atoms with Crippen LogP contribution in [0, 0.1) is 13.8 Å². The molecule has 6 aromatic rings. The highest BCUT2D eigenvalue weighted by atomic mass is 16.5. The lowest BCUT2D eigenvalue weighted by Crippen LogP contribution is -2.03. The number of benzene rings is 2. The second-order valence-corrected chi connectivity index (χ2v) is 11.1. The van der Waals surface area contributed by atoms with Crippen LogP contribution in [0.3, 0.4) is 0 Å². The van der Waals surface area contributed by atoms with Crippen LogP contribution in [0.15, 0.2) is 121 Å². The average molecular weight is 593 g/mol. The quantitative estimate of drug-likeness (QED) is 0.133. The molecule has 0 aliphatic heterocycles. The number of nitrogens with zero attached hydrogens (tertiary/aromatic N) is 4. The van der Waals surface area contributed by atoms with E-state index in [0.29, 0.717) is 32.8 Å². The van der Waals surface area contributed by atoms with Crippen LogP contribution in [0.25, 0.3) is 33.9 Å². The SMILES string of the molecule is Cc1ccc(-c2cccc(COCc3cccc(-c4cccc(COCCc5cccc(-c6ccc(C)cn6)n5)n4)n3)c2)cc1. The summed E-state index contributed by atoms with van der Waals surface area (Å²) in [7, 11) is 0. The number of hydrogen-bond acceptors (Lipinski definition) is 6. The molecule has 0 unspecified atom stereocenters. The Morgan fingerprint density at radius 3 is 1.78 bits per heavy atom. The molecule has 0 bridgehead atoms. The topological polar surface area (TPSA) is 70.0 Å². The number of aromatic nitrogens is 4. The Hall–Kier alpha value is -5.04. The van der Waals surface area contributed by atoms with E-state index in [9.17, 15) is 0 Å². The molecule has 0 saturated heterocycles. The van der Waals surface area contributed by atoms with Gasteiger partial charge < -0.3 is 9.47 Å². The van der Waals surface area contributed by atoms with Crippen molar-refractivity contribution in [3.63, 3.8) is 0 Å². The molecule has 0 aliphatic carbocycles. The van der Waals surface area contributed by atoms with E-state index in [1.165, 1.54) is 16.7 Å². The molecule has 0 amide bonds. The summed E-state index contributed by atoms with van der Waals surface area (Å²) < 4.78 is 12.0. The Morgan fingerprint density at radius 2 is 1.09 bits per heavy atom. The normalized spacial score (nSPS) is 11.1. The third kappa shape index (κ3) is 8.32. The maximum absolute atomic E-state index is 6.06. The van der Waals surface area contributed by atoms with Crippen molar-refractivity contribution in [2.45, 2.75) is 40.1 Å². The third-order valence-corrected chi connectivity index (χ3v) is 7.44. The maximum atomic E-state index is 6.06. The van der Waals surface area contributed by atoms with Gasteiger partial charge in [-0.1, -0.05) is 72.3 Å². The van der Waals surface area contributed by atoms with Crippen LogP contribution in [-0.2, 0) is 35.7 Å². The van der Waals surface area contributed by atoms with E-state index in [1.807, 2.05) is 79.9 Å². The predicted octanol–water partition coefficient (Wildman–Crippen LogP) is 8.36. The first-order valence-electron chi connectivity index (χ1n) is 15.2. The van der Waals surface area contributed by atoms with Crippen molar-refractivity contribution in [2.75, 3.05) is 6.61 Å². The lowest BCUT2D eigenvalue weighted by Gasteiger charge is -2.09. The molecule has 0 N–H and O–H groups in total. The number of pyridine rings is 4. The zero-order chi connectivity index (χ0) is 30.8. The minimum atomic E-state index is 0.414. The summed E-state index contributed by atoms with van der Waals surface area (Å²) in [5, 5.41) is 0. The van der Waals surface area contributed by atoms with Gasteiger partial charge in [0.05, 0.1) is 60.6 Å². The molecule has 0 saturated carbocycles. The van der Waals surface area contributed by atoms with Gasteiger partial charge in [-0.2, -0.15) is 0 Å². The summed E-state index contributed by atoms with van der Waals surface area (Å²) in [5.74, 6) is 0. The van der Waals surface area contributed by atoms with Crippen molar-refractivity contribution in [3.8, 4) is 33.9 Å². The van der Waals surface area contributed by atoms with Crippen molar-refractivity contribution in [1.29, 1.82) is 0 Å². The van der Waals surface area contributed by atoms with E-state index in [1.54, 1.807) is 0 Å². The minimum absolute atomic E-state index is 0.414. The monoisotopic (exact) mass is 592 g/mol. The van der Waals surface area contributed by atoms with Gasteiger partial charge >= 0.3 is 0 Å². The van der Waals surface area contributed by atoms with Crippen molar-refractivity contribution in [1.82, 2.24) is 19.9 Å². The van der Waals surface area contributed by atoms with E-state index < -0.39 is 0 Å². The molecule has 0 radical (unpaired) electrons. The fourth-order valence-electron chi connectivity index (χ4n) is 5.00. The van der Waals surface area contributed by atoms with Crippen molar-refractivity contribution >= 4 is 0 Å². The van der Waals surface area contributed by atoms with Gasteiger partial charge in [-0.25, -0.2) is 9.97 Å². The van der Waals surface area contributed by atoms with Gasteiger partial charge in [-0.05, 0) is 84.6 Å². The zero-order valence-corrected chi connectivity index (χ0v) is 25.7. The maximum Gasteiger partial charge on any atom is 0.0892 e.